The van der Waals surface area contributed by atoms with Crippen LogP contribution in [0.5, 0.6) is 0 Å². The first kappa shape index (κ1) is 14.9. The Balaban J connectivity index is 1.88. The molecule has 20 heavy (non-hydrogen) atoms. The topological polar surface area (TPSA) is 47.6 Å². The summed E-state index contributed by atoms with van der Waals surface area (Å²) in [6.07, 6.45) is 0.774. The Hall–Kier alpha value is -1.55. The van der Waals surface area contributed by atoms with Crippen LogP contribution < -0.4 is 5.32 Å². The first-order chi connectivity index (χ1) is 9.47. The molecule has 0 amide bonds. The number of hydrogen-bond donors (Lipinski definition) is 1. The first-order valence-corrected chi connectivity index (χ1v) is 7.11. The lowest BCUT2D eigenvalue weighted by Gasteiger charge is -2.25. The Morgan fingerprint density at radius 3 is 2.80 bits per heavy atom. The molecule has 1 unspecified atom stereocenters. The molecule has 4 nitrogen and oxygen atoms in total. The van der Waals surface area contributed by atoms with Gasteiger partial charge in [-0.1, -0.05) is 18.2 Å². The molecule has 1 aliphatic rings. The summed E-state index contributed by atoms with van der Waals surface area (Å²) in [4.78, 5) is 12.2. The zero-order valence-corrected chi connectivity index (χ0v) is 12.4. The molecule has 1 aliphatic heterocycles. The fraction of sp³-hybridized carbons (Fsp3) is 0.562. The third kappa shape index (κ3) is 3.97. The van der Waals surface area contributed by atoms with Crippen LogP contribution in [0, 0.1) is 0 Å². The van der Waals surface area contributed by atoms with E-state index in [4.69, 9.17) is 9.47 Å². The number of carbonyl (C=O) groups is 1. The maximum atomic E-state index is 12.2. The summed E-state index contributed by atoms with van der Waals surface area (Å²) in [7, 11) is 0. The minimum absolute atomic E-state index is 0.156. The number of benzene rings is 1. The van der Waals surface area contributed by atoms with E-state index < -0.39 is 0 Å². The van der Waals surface area contributed by atoms with Gasteiger partial charge in [-0.3, -0.25) is 4.79 Å². The molecule has 0 bridgehead atoms. The second-order valence-electron chi connectivity index (χ2n) is 5.98. The van der Waals surface area contributed by atoms with Crippen LogP contribution in [0.2, 0.25) is 0 Å². The Morgan fingerprint density at radius 1 is 1.30 bits per heavy atom. The van der Waals surface area contributed by atoms with Crippen LogP contribution in [0.25, 0.3) is 0 Å². The molecule has 0 saturated heterocycles. The second-order valence-corrected chi connectivity index (χ2v) is 5.98. The van der Waals surface area contributed by atoms with Gasteiger partial charge in [-0.25, -0.2) is 0 Å². The van der Waals surface area contributed by atoms with E-state index in [0.29, 0.717) is 13.2 Å². The number of esters is 1. The second kappa shape index (κ2) is 6.27. The third-order valence-corrected chi connectivity index (χ3v) is 3.23. The quantitative estimate of drug-likeness (QED) is 0.679. The minimum atomic E-state index is -0.201. The van der Waals surface area contributed by atoms with Crippen molar-refractivity contribution in [3.8, 4) is 0 Å². The highest BCUT2D eigenvalue weighted by Gasteiger charge is 2.27. The maximum absolute atomic E-state index is 12.2. The molecule has 1 heterocycles. The molecular formula is C16H23NO3. The van der Waals surface area contributed by atoms with Crippen molar-refractivity contribution in [2.45, 2.75) is 38.7 Å². The molecule has 2 rings (SSSR count). The summed E-state index contributed by atoms with van der Waals surface area (Å²) in [5, 5.41) is 3.30. The molecular weight excluding hydrogens is 254 g/mol. The molecule has 1 atom stereocenters. The molecule has 1 aromatic carbocycles. The van der Waals surface area contributed by atoms with E-state index in [2.05, 4.69) is 5.32 Å². The van der Waals surface area contributed by atoms with Crippen molar-refractivity contribution >= 4 is 11.7 Å². The van der Waals surface area contributed by atoms with Crippen molar-refractivity contribution in [2.24, 2.45) is 0 Å². The summed E-state index contributed by atoms with van der Waals surface area (Å²) >= 11 is 0. The number of rotatable bonds is 4. The molecule has 0 fully saturated rings. The van der Waals surface area contributed by atoms with Gasteiger partial charge < -0.3 is 14.8 Å². The molecule has 4 heteroatoms. The third-order valence-electron chi connectivity index (χ3n) is 3.23. The first-order valence-electron chi connectivity index (χ1n) is 7.11. The lowest BCUT2D eigenvalue weighted by atomic mass is 9.91. The minimum Gasteiger partial charge on any atom is -0.463 e. The molecule has 1 aromatic rings. The normalized spacial score (nSPS) is 18.1. The van der Waals surface area contributed by atoms with Crippen LogP contribution in [0.3, 0.4) is 0 Å². The smallest absolute Gasteiger partial charge is 0.313 e. The van der Waals surface area contributed by atoms with E-state index in [1.54, 1.807) is 0 Å². The standard InChI is InChI=1S/C16H23NO3/c1-16(2,3)20-11-10-19-15(18)13-8-9-17-14-7-5-4-6-12(13)14/h4-7,13,17H,8-11H2,1-3H3. The molecule has 0 aromatic heterocycles. The molecule has 1 N–H and O–H groups in total. The summed E-state index contributed by atoms with van der Waals surface area (Å²) in [6, 6.07) is 7.90. The van der Waals surface area contributed by atoms with Crippen LogP contribution in [-0.2, 0) is 14.3 Å². The van der Waals surface area contributed by atoms with Crippen molar-refractivity contribution in [3.63, 3.8) is 0 Å². The van der Waals surface area contributed by atoms with Crippen LogP contribution in [-0.4, -0.2) is 31.3 Å². The van der Waals surface area contributed by atoms with E-state index in [1.807, 2.05) is 45.0 Å². The van der Waals surface area contributed by atoms with E-state index in [9.17, 15) is 4.79 Å². The Kier molecular flexibility index (Phi) is 4.65. The number of ether oxygens (including phenoxy) is 2. The number of para-hydroxylation sites is 1. The molecule has 0 aliphatic carbocycles. The number of fused-ring (bicyclic) bond motifs is 1. The van der Waals surface area contributed by atoms with Crippen molar-refractivity contribution in [1.29, 1.82) is 0 Å². The lowest BCUT2D eigenvalue weighted by molar-refractivity contribution is -0.148. The number of carbonyl (C=O) groups excluding carboxylic acids is 1. The SMILES string of the molecule is CC(C)(C)OCCOC(=O)C1CCNc2ccccc21. The van der Waals surface area contributed by atoms with E-state index in [1.165, 1.54) is 0 Å². The number of hydrogen-bond acceptors (Lipinski definition) is 4. The highest BCUT2D eigenvalue weighted by atomic mass is 16.6. The number of anilines is 1. The monoisotopic (exact) mass is 277 g/mol. The van der Waals surface area contributed by atoms with E-state index >= 15 is 0 Å². The predicted molar refractivity (Wildman–Crippen MR) is 79.0 cm³/mol. The van der Waals surface area contributed by atoms with E-state index in [-0.39, 0.29) is 17.5 Å². The summed E-state index contributed by atoms with van der Waals surface area (Å²) in [5.41, 5.74) is 1.86. The van der Waals surface area contributed by atoms with Gasteiger partial charge in [-0.05, 0) is 38.8 Å². The van der Waals surface area contributed by atoms with Crippen LogP contribution in [0.15, 0.2) is 24.3 Å². The maximum Gasteiger partial charge on any atom is 0.313 e. The van der Waals surface area contributed by atoms with Gasteiger partial charge in [0.25, 0.3) is 0 Å². The molecule has 0 radical (unpaired) electrons. The zero-order valence-electron chi connectivity index (χ0n) is 12.4. The largest absolute Gasteiger partial charge is 0.463 e. The van der Waals surface area contributed by atoms with Crippen molar-refractivity contribution in [2.75, 3.05) is 25.1 Å². The zero-order chi connectivity index (χ0) is 14.6. The van der Waals surface area contributed by atoms with Gasteiger partial charge in [0.05, 0.1) is 18.1 Å². The van der Waals surface area contributed by atoms with Gasteiger partial charge in [0, 0.05) is 12.2 Å². The average Bonchev–Trinajstić information content (AvgIpc) is 2.41. The Bertz CT molecular complexity index is 465. The fourth-order valence-electron chi connectivity index (χ4n) is 2.30. The predicted octanol–water partition coefficient (Wildman–Crippen LogP) is 2.94. The van der Waals surface area contributed by atoms with Crippen LogP contribution in [0.4, 0.5) is 5.69 Å². The van der Waals surface area contributed by atoms with E-state index in [0.717, 1.165) is 24.2 Å². The van der Waals surface area contributed by atoms with Crippen molar-refractivity contribution in [3.05, 3.63) is 29.8 Å². The molecule has 0 spiro atoms. The van der Waals surface area contributed by atoms with Crippen molar-refractivity contribution in [1.82, 2.24) is 0 Å². The molecule has 110 valence electrons. The highest BCUT2D eigenvalue weighted by Crippen LogP contribution is 2.32. The number of nitrogens with one attached hydrogen (secondary N) is 1. The van der Waals surface area contributed by atoms with Gasteiger partial charge in [0.15, 0.2) is 0 Å². The van der Waals surface area contributed by atoms with Crippen molar-refractivity contribution < 1.29 is 14.3 Å². The van der Waals surface area contributed by atoms with Crippen LogP contribution >= 0.6 is 0 Å². The fourth-order valence-corrected chi connectivity index (χ4v) is 2.30. The van der Waals surface area contributed by atoms with Gasteiger partial charge in [0.2, 0.25) is 0 Å². The van der Waals surface area contributed by atoms with Gasteiger partial charge >= 0.3 is 5.97 Å². The average molecular weight is 277 g/mol. The Morgan fingerprint density at radius 2 is 2.05 bits per heavy atom. The van der Waals surface area contributed by atoms with Gasteiger partial charge in [0.1, 0.15) is 6.61 Å². The highest BCUT2D eigenvalue weighted by molar-refractivity contribution is 5.81. The summed E-state index contributed by atoms with van der Waals surface area (Å²) in [6.45, 7) is 7.49. The molecule has 0 saturated carbocycles. The lowest BCUT2D eigenvalue weighted by Crippen LogP contribution is -2.27. The van der Waals surface area contributed by atoms with Gasteiger partial charge in [-0.15, -0.1) is 0 Å². The summed E-state index contributed by atoms with van der Waals surface area (Å²) in [5.74, 6) is -0.321. The van der Waals surface area contributed by atoms with Gasteiger partial charge in [-0.2, -0.15) is 0 Å². The van der Waals surface area contributed by atoms with Crippen LogP contribution in [0.1, 0.15) is 38.7 Å². The summed E-state index contributed by atoms with van der Waals surface area (Å²) < 4.78 is 10.9. The Labute approximate surface area is 120 Å².